The fourth-order valence-corrected chi connectivity index (χ4v) is 0.707. The fraction of sp³-hybridized carbons (Fsp3) is 0.455. The SMILES string of the molecule is C.C=C(/C=C\C=C/C)CCC. The van der Waals surface area contributed by atoms with Crippen molar-refractivity contribution in [1.29, 1.82) is 0 Å². The summed E-state index contributed by atoms with van der Waals surface area (Å²) < 4.78 is 0. The fourth-order valence-electron chi connectivity index (χ4n) is 0.707. The summed E-state index contributed by atoms with van der Waals surface area (Å²) in [6.07, 6.45) is 10.4. The van der Waals surface area contributed by atoms with Crippen LogP contribution in [-0.4, -0.2) is 0 Å². The number of hydrogen-bond donors (Lipinski definition) is 0. The maximum absolute atomic E-state index is 3.90. The Balaban J connectivity index is 0. The average molecular weight is 152 g/mol. The van der Waals surface area contributed by atoms with Crippen molar-refractivity contribution in [1.82, 2.24) is 0 Å². The predicted molar refractivity (Wildman–Crippen MR) is 54.7 cm³/mol. The van der Waals surface area contributed by atoms with Gasteiger partial charge in [0.25, 0.3) is 0 Å². The lowest BCUT2D eigenvalue weighted by atomic mass is 10.1. The van der Waals surface area contributed by atoms with E-state index >= 15 is 0 Å². The van der Waals surface area contributed by atoms with E-state index in [9.17, 15) is 0 Å². The van der Waals surface area contributed by atoms with Crippen molar-refractivity contribution in [3.63, 3.8) is 0 Å². The van der Waals surface area contributed by atoms with Crippen LogP contribution in [0.5, 0.6) is 0 Å². The zero-order chi connectivity index (χ0) is 7.82. The second-order valence-corrected chi connectivity index (χ2v) is 2.29. The summed E-state index contributed by atoms with van der Waals surface area (Å²) in [7, 11) is 0. The lowest BCUT2D eigenvalue weighted by molar-refractivity contribution is 0.930. The molecule has 0 saturated heterocycles. The largest absolute Gasteiger partial charge is 0.0958 e. The minimum Gasteiger partial charge on any atom is -0.0958 e. The Labute approximate surface area is 71.3 Å². The van der Waals surface area contributed by atoms with Gasteiger partial charge >= 0.3 is 0 Å². The van der Waals surface area contributed by atoms with Gasteiger partial charge in [-0.3, -0.25) is 0 Å². The average Bonchev–Trinajstić information content (AvgIpc) is 1.89. The summed E-state index contributed by atoms with van der Waals surface area (Å²) in [5.41, 5.74) is 1.21. The van der Waals surface area contributed by atoms with Gasteiger partial charge in [-0.1, -0.05) is 57.2 Å². The lowest BCUT2D eigenvalue weighted by Gasteiger charge is -1.91. The molecule has 0 amide bonds. The Morgan fingerprint density at radius 2 is 2.00 bits per heavy atom. The Kier molecular flexibility index (Phi) is 10.8. The smallest absolute Gasteiger partial charge is 0.0287 e. The van der Waals surface area contributed by atoms with Crippen molar-refractivity contribution in [3.05, 3.63) is 36.5 Å². The van der Waals surface area contributed by atoms with Crippen LogP contribution in [-0.2, 0) is 0 Å². The molecule has 0 unspecified atom stereocenters. The number of hydrogen-bond acceptors (Lipinski definition) is 0. The zero-order valence-electron chi connectivity index (χ0n) is 6.93. The quantitative estimate of drug-likeness (QED) is 0.532. The molecule has 0 heterocycles. The van der Waals surface area contributed by atoms with Crippen molar-refractivity contribution in [2.45, 2.75) is 34.1 Å². The first-order chi connectivity index (χ1) is 4.81. The third kappa shape index (κ3) is 9.22. The maximum Gasteiger partial charge on any atom is -0.0287 e. The normalized spacial score (nSPS) is 10.4. The van der Waals surface area contributed by atoms with E-state index < -0.39 is 0 Å². The molecule has 0 aliphatic rings. The predicted octanol–water partition coefficient (Wildman–Crippen LogP) is 4.11. The van der Waals surface area contributed by atoms with E-state index in [0.717, 1.165) is 6.42 Å². The molecular formula is C11H20. The van der Waals surface area contributed by atoms with Crippen molar-refractivity contribution in [3.8, 4) is 0 Å². The van der Waals surface area contributed by atoms with Crippen LogP contribution in [0.3, 0.4) is 0 Å². The van der Waals surface area contributed by atoms with Crippen molar-refractivity contribution >= 4 is 0 Å². The highest BCUT2D eigenvalue weighted by Gasteiger charge is 1.82. The highest BCUT2D eigenvalue weighted by atomic mass is 13.9. The molecule has 0 nitrogen and oxygen atoms in total. The van der Waals surface area contributed by atoms with Crippen LogP contribution in [0.1, 0.15) is 34.1 Å². The first kappa shape index (κ1) is 12.9. The molecule has 0 aliphatic heterocycles. The zero-order valence-corrected chi connectivity index (χ0v) is 6.93. The number of allylic oxidation sites excluding steroid dienone is 5. The van der Waals surface area contributed by atoms with Gasteiger partial charge in [-0.05, 0) is 13.3 Å². The van der Waals surface area contributed by atoms with Gasteiger partial charge in [-0.2, -0.15) is 0 Å². The van der Waals surface area contributed by atoms with Gasteiger partial charge in [0.15, 0.2) is 0 Å². The van der Waals surface area contributed by atoms with Gasteiger partial charge in [0.1, 0.15) is 0 Å². The van der Waals surface area contributed by atoms with E-state index in [2.05, 4.69) is 19.6 Å². The Morgan fingerprint density at radius 3 is 2.45 bits per heavy atom. The molecule has 0 aliphatic carbocycles. The standard InChI is InChI=1S/C10H16.CH4/c1-4-6-7-9-10(3)8-5-2;/h4,6-7,9H,3,5,8H2,1-2H3;1H4/b6-4-,9-7-;. The Bertz CT molecular complexity index is 138. The highest BCUT2D eigenvalue weighted by molar-refractivity contribution is 5.18. The van der Waals surface area contributed by atoms with E-state index in [1.54, 1.807) is 0 Å². The van der Waals surface area contributed by atoms with Crippen LogP contribution >= 0.6 is 0 Å². The minimum atomic E-state index is 0. The summed E-state index contributed by atoms with van der Waals surface area (Å²) in [6.45, 7) is 8.06. The molecule has 11 heavy (non-hydrogen) atoms. The second kappa shape index (κ2) is 9.22. The number of rotatable bonds is 4. The molecule has 0 aromatic heterocycles. The molecular weight excluding hydrogens is 132 g/mol. The van der Waals surface area contributed by atoms with Crippen LogP contribution in [0.2, 0.25) is 0 Å². The second-order valence-electron chi connectivity index (χ2n) is 2.29. The monoisotopic (exact) mass is 152 g/mol. The van der Waals surface area contributed by atoms with E-state index in [1.807, 2.05) is 25.2 Å². The molecule has 0 radical (unpaired) electrons. The summed E-state index contributed by atoms with van der Waals surface area (Å²) in [5, 5.41) is 0. The Morgan fingerprint density at radius 1 is 1.36 bits per heavy atom. The van der Waals surface area contributed by atoms with Crippen molar-refractivity contribution in [2.75, 3.05) is 0 Å². The van der Waals surface area contributed by atoms with Crippen LogP contribution < -0.4 is 0 Å². The molecule has 0 spiro atoms. The van der Waals surface area contributed by atoms with Gasteiger partial charge in [-0.15, -0.1) is 0 Å². The van der Waals surface area contributed by atoms with E-state index in [1.165, 1.54) is 12.0 Å². The van der Waals surface area contributed by atoms with Gasteiger partial charge in [0.2, 0.25) is 0 Å². The third-order valence-corrected chi connectivity index (χ3v) is 1.21. The van der Waals surface area contributed by atoms with Gasteiger partial charge < -0.3 is 0 Å². The van der Waals surface area contributed by atoms with Gasteiger partial charge in [-0.25, -0.2) is 0 Å². The first-order valence-corrected chi connectivity index (χ1v) is 3.78. The molecule has 0 N–H and O–H groups in total. The molecule has 0 aromatic carbocycles. The molecule has 0 rings (SSSR count). The highest BCUT2D eigenvalue weighted by Crippen LogP contribution is 2.02. The molecule has 64 valence electrons. The van der Waals surface area contributed by atoms with Crippen LogP contribution in [0.4, 0.5) is 0 Å². The van der Waals surface area contributed by atoms with Crippen LogP contribution in [0.25, 0.3) is 0 Å². The van der Waals surface area contributed by atoms with Crippen LogP contribution in [0, 0.1) is 0 Å². The maximum atomic E-state index is 3.90. The third-order valence-electron chi connectivity index (χ3n) is 1.21. The topological polar surface area (TPSA) is 0 Å². The molecule has 0 saturated carbocycles. The molecule has 0 bridgehead atoms. The first-order valence-electron chi connectivity index (χ1n) is 3.78. The molecule has 0 fully saturated rings. The molecule has 0 aromatic rings. The van der Waals surface area contributed by atoms with Crippen molar-refractivity contribution < 1.29 is 0 Å². The molecule has 0 heteroatoms. The van der Waals surface area contributed by atoms with Crippen molar-refractivity contribution in [2.24, 2.45) is 0 Å². The van der Waals surface area contributed by atoms with E-state index in [4.69, 9.17) is 0 Å². The van der Waals surface area contributed by atoms with E-state index in [-0.39, 0.29) is 7.43 Å². The Hall–Kier alpha value is -0.780. The summed E-state index contributed by atoms with van der Waals surface area (Å²) in [6, 6.07) is 0. The van der Waals surface area contributed by atoms with E-state index in [0.29, 0.717) is 0 Å². The summed E-state index contributed by atoms with van der Waals surface area (Å²) in [5.74, 6) is 0. The van der Waals surface area contributed by atoms with Crippen LogP contribution in [0.15, 0.2) is 36.5 Å². The van der Waals surface area contributed by atoms with Gasteiger partial charge in [0.05, 0.1) is 0 Å². The summed E-state index contributed by atoms with van der Waals surface area (Å²) >= 11 is 0. The lowest BCUT2D eigenvalue weighted by Crippen LogP contribution is -1.71. The molecule has 0 atom stereocenters. The van der Waals surface area contributed by atoms with Gasteiger partial charge in [0, 0.05) is 0 Å². The summed E-state index contributed by atoms with van der Waals surface area (Å²) in [4.78, 5) is 0. The minimum absolute atomic E-state index is 0.